The minimum absolute atomic E-state index is 0.215. The number of hydrogen-bond donors (Lipinski definition) is 0. The van der Waals surface area contributed by atoms with Gasteiger partial charge in [0.15, 0.2) is 11.6 Å². The van der Waals surface area contributed by atoms with E-state index in [1.54, 1.807) is 26.0 Å². The average molecular weight is 386 g/mol. The summed E-state index contributed by atoms with van der Waals surface area (Å²) in [5.41, 5.74) is 0.516. The van der Waals surface area contributed by atoms with Gasteiger partial charge in [0.05, 0.1) is 19.8 Å². The van der Waals surface area contributed by atoms with Crippen molar-refractivity contribution in [3.63, 3.8) is 0 Å². The second-order valence-electron chi connectivity index (χ2n) is 6.59. The summed E-state index contributed by atoms with van der Waals surface area (Å²) in [5.74, 6) is 0.435. The summed E-state index contributed by atoms with van der Waals surface area (Å²) in [5, 5.41) is 0. The number of rotatable bonds is 4. The molecule has 2 aromatic rings. The maximum atomic E-state index is 13.1. The molecule has 27 heavy (non-hydrogen) atoms. The van der Waals surface area contributed by atoms with Crippen LogP contribution in [-0.2, 0) is 6.18 Å². The Labute approximate surface area is 158 Å². The average Bonchev–Trinajstić information content (AvgIpc) is 2.60. The number of benzene rings is 2. The molecule has 6 heteroatoms. The first-order chi connectivity index (χ1) is 12.5. The lowest BCUT2D eigenvalue weighted by Crippen LogP contribution is -2.11. The van der Waals surface area contributed by atoms with Gasteiger partial charge in [0, 0.05) is 5.56 Å². The van der Waals surface area contributed by atoms with Crippen molar-refractivity contribution in [2.24, 2.45) is 0 Å². The molecular weight excluding hydrogens is 360 g/mol. The fourth-order valence-corrected chi connectivity index (χ4v) is 2.76. The van der Waals surface area contributed by atoms with Crippen molar-refractivity contribution in [1.29, 1.82) is 0 Å². The monoisotopic (exact) mass is 386 g/mol. The Morgan fingerprint density at radius 3 is 1.81 bits per heavy atom. The molecule has 2 nitrogen and oxygen atoms in total. The molecule has 0 aliphatic heterocycles. The van der Waals surface area contributed by atoms with Crippen molar-refractivity contribution in [3.05, 3.63) is 58.9 Å². The molecule has 0 saturated heterocycles. The van der Waals surface area contributed by atoms with Crippen LogP contribution >= 0.6 is 0 Å². The first kappa shape index (κ1) is 22.8. The standard InChI is InChI=1S/C11H13F3O.C10H13FO/c1-7(2)10-8(11(12,13)14)5-4-6-9(10)15-3;1-7(2)8-5-4-6-9(11)10(8)12-3/h4-7H,1-3H3;4-7H,1-3H3. The van der Waals surface area contributed by atoms with Crippen molar-refractivity contribution in [3.8, 4) is 11.5 Å². The zero-order chi connectivity index (χ0) is 20.8. The van der Waals surface area contributed by atoms with E-state index in [-0.39, 0.29) is 23.2 Å². The van der Waals surface area contributed by atoms with E-state index in [9.17, 15) is 17.6 Å². The Hall–Kier alpha value is -2.24. The third-order valence-electron chi connectivity index (χ3n) is 3.99. The van der Waals surface area contributed by atoms with Crippen LogP contribution in [0.1, 0.15) is 56.2 Å². The quantitative estimate of drug-likeness (QED) is 0.538. The van der Waals surface area contributed by atoms with Crippen LogP contribution in [0.5, 0.6) is 11.5 Å². The molecule has 0 unspecified atom stereocenters. The third kappa shape index (κ3) is 5.88. The molecule has 0 spiro atoms. The maximum absolute atomic E-state index is 13.1. The van der Waals surface area contributed by atoms with E-state index in [2.05, 4.69) is 0 Å². The van der Waals surface area contributed by atoms with Gasteiger partial charge in [-0.05, 0) is 35.6 Å². The minimum atomic E-state index is -4.33. The van der Waals surface area contributed by atoms with Crippen molar-refractivity contribution in [2.75, 3.05) is 14.2 Å². The number of halogens is 4. The second kappa shape index (κ2) is 9.62. The lowest BCUT2D eigenvalue weighted by Gasteiger charge is -2.18. The third-order valence-corrected chi connectivity index (χ3v) is 3.99. The molecule has 0 aliphatic carbocycles. The molecule has 0 N–H and O–H groups in total. The summed E-state index contributed by atoms with van der Waals surface area (Å²) in [4.78, 5) is 0. The normalized spacial score (nSPS) is 11.3. The first-order valence-electron chi connectivity index (χ1n) is 8.61. The van der Waals surface area contributed by atoms with Crippen LogP contribution in [0, 0.1) is 5.82 Å². The van der Waals surface area contributed by atoms with E-state index in [1.807, 2.05) is 19.9 Å². The molecule has 0 radical (unpaired) electrons. The van der Waals surface area contributed by atoms with Gasteiger partial charge in [0.2, 0.25) is 0 Å². The van der Waals surface area contributed by atoms with Gasteiger partial charge < -0.3 is 9.47 Å². The summed E-state index contributed by atoms with van der Waals surface area (Å²) in [6.45, 7) is 7.45. The fraction of sp³-hybridized carbons (Fsp3) is 0.429. The van der Waals surface area contributed by atoms with Crippen molar-refractivity contribution in [2.45, 2.75) is 45.7 Å². The van der Waals surface area contributed by atoms with Crippen molar-refractivity contribution in [1.82, 2.24) is 0 Å². The smallest absolute Gasteiger partial charge is 0.416 e. The number of alkyl halides is 3. The molecule has 0 fully saturated rings. The highest BCUT2D eigenvalue weighted by Crippen LogP contribution is 2.39. The van der Waals surface area contributed by atoms with Crippen LogP contribution in [-0.4, -0.2) is 14.2 Å². The second-order valence-corrected chi connectivity index (χ2v) is 6.59. The van der Waals surface area contributed by atoms with E-state index in [1.165, 1.54) is 26.4 Å². The topological polar surface area (TPSA) is 18.5 Å². The van der Waals surface area contributed by atoms with E-state index < -0.39 is 11.7 Å². The van der Waals surface area contributed by atoms with Gasteiger partial charge in [-0.25, -0.2) is 4.39 Å². The lowest BCUT2D eigenvalue weighted by atomic mass is 9.96. The SMILES string of the molecule is COc1c(F)cccc1C(C)C.COc1cccc(C(F)(F)F)c1C(C)C. The number of para-hydroxylation sites is 1. The largest absolute Gasteiger partial charge is 0.496 e. The Balaban J connectivity index is 0.000000277. The first-order valence-corrected chi connectivity index (χ1v) is 8.61. The van der Waals surface area contributed by atoms with Gasteiger partial charge in [0.25, 0.3) is 0 Å². The molecular formula is C21H26F4O2. The Morgan fingerprint density at radius 2 is 1.41 bits per heavy atom. The number of methoxy groups -OCH3 is 2. The van der Waals surface area contributed by atoms with Crippen LogP contribution < -0.4 is 9.47 Å². The lowest BCUT2D eigenvalue weighted by molar-refractivity contribution is -0.138. The number of hydrogen-bond acceptors (Lipinski definition) is 2. The molecule has 0 aromatic heterocycles. The van der Waals surface area contributed by atoms with E-state index in [4.69, 9.17) is 9.47 Å². The molecule has 2 rings (SSSR count). The Kier molecular flexibility index (Phi) is 8.13. The summed E-state index contributed by atoms with van der Waals surface area (Å²) in [6, 6.07) is 8.97. The number of ether oxygens (including phenoxy) is 2. The van der Waals surface area contributed by atoms with Crippen LogP contribution in [0.25, 0.3) is 0 Å². The Morgan fingerprint density at radius 1 is 0.815 bits per heavy atom. The summed E-state index contributed by atoms with van der Waals surface area (Å²) in [6.07, 6.45) is -4.33. The molecule has 0 atom stereocenters. The van der Waals surface area contributed by atoms with E-state index >= 15 is 0 Å². The molecule has 0 aliphatic rings. The van der Waals surface area contributed by atoms with Gasteiger partial charge >= 0.3 is 6.18 Å². The van der Waals surface area contributed by atoms with Gasteiger partial charge in [-0.3, -0.25) is 0 Å². The van der Waals surface area contributed by atoms with Crippen molar-refractivity contribution < 1.29 is 27.0 Å². The van der Waals surface area contributed by atoms with E-state index in [0.29, 0.717) is 11.5 Å². The molecule has 150 valence electrons. The predicted octanol–water partition coefficient (Wildman–Crippen LogP) is 6.80. The molecule has 2 aromatic carbocycles. The fourth-order valence-electron chi connectivity index (χ4n) is 2.76. The zero-order valence-corrected chi connectivity index (χ0v) is 16.4. The van der Waals surface area contributed by atoms with Gasteiger partial charge in [-0.2, -0.15) is 13.2 Å². The minimum Gasteiger partial charge on any atom is -0.496 e. The van der Waals surface area contributed by atoms with E-state index in [0.717, 1.165) is 11.6 Å². The highest BCUT2D eigenvalue weighted by atomic mass is 19.4. The zero-order valence-electron chi connectivity index (χ0n) is 16.4. The van der Waals surface area contributed by atoms with Crippen LogP contribution in [0.3, 0.4) is 0 Å². The summed E-state index contributed by atoms with van der Waals surface area (Å²) in [7, 11) is 2.87. The van der Waals surface area contributed by atoms with Gasteiger partial charge in [-0.1, -0.05) is 45.9 Å². The van der Waals surface area contributed by atoms with Gasteiger partial charge in [0.1, 0.15) is 5.75 Å². The van der Waals surface area contributed by atoms with Crippen LogP contribution in [0.4, 0.5) is 17.6 Å². The summed E-state index contributed by atoms with van der Waals surface area (Å²) >= 11 is 0. The molecule has 0 saturated carbocycles. The predicted molar refractivity (Wildman–Crippen MR) is 99.1 cm³/mol. The molecule has 0 bridgehead atoms. The van der Waals surface area contributed by atoms with Crippen LogP contribution in [0.15, 0.2) is 36.4 Å². The highest BCUT2D eigenvalue weighted by molar-refractivity contribution is 5.43. The maximum Gasteiger partial charge on any atom is 0.416 e. The highest BCUT2D eigenvalue weighted by Gasteiger charge is 2.35. The van der Waals surface area contributed by atoms with Crippen LogP contribution in [0.2, 0.25) is 0 Å². The molecule has 0 amide bonds. The molecule has 0 heterocycles. The van der Waals surface area contributed by atoms with Gasteiger partial charge in [-0.15, -0.1) is 0 Å². The summed E-state index contributed by atoms with van der Waals surface area (Å²) < 4.78 is 61.0. The Bertz CT molecular complexity index is 737. The van der Waals surface area contributed by atoms with Crippen molar-refractivity contribution >= 4 is 0 Å².